The summed E-state index contributed by atoms with van der Waals surface area (Å²) >= 11 is 4.68. The van der Waals surface area contributed by atoms with Crippen molar-refractivity contribution in [3.63, 3.8) is 0 Å². The van der Waals surface area contributed by atoms with Gasteiger partial charge in [0.2, 0.25) is 17.7 Å². The van der Waals surface area contributed by atoms with Crippen LogP contribution >= 0.6 is 27.3 Å². The molecule has 36 heavy (non-hydrogen) atoms. The molecule has 2 unspecified atom stereocenters. The predicted octanol–water partition coefficient (Wildman–Crippen LogP) is 5.88. The Bertz CT molecular complexity index is 1210. The van der Waals surface area contributed by atoms with E-state index in [2.05, 4.69) is 21.2 Å². The zero-order valence-corrected chi connectivity index (χ0v) is 23.4. The number of ether oxygens (including phenoxy) is 1. The van der Waals surface area contributed by atoms with E-state index in [-0.39, 0.29) is 48.6 Å². The first-order valence-corrected chi connectivity index (χ1v) is 13.9. The molecule has 0 radical (unpaired) electrons. The van der Waals surface area contributed by atoms with Crippen molar-refractivity contribution < 1.29 is 23.9 Å². The maximum absolute atomic E-state index is 13.2. The molecule has 0 spiro atoms. The largest absolute Gasteiger partial charge is 0.462 e. The van der Waals surface area contributed by atoms with Crippen LogP contribution in [0.5, 0.6) is 0 Å². The summed E-state index contributed by atoms with van der Waals surface area (Å²) in [6.45, 7) is 8.14. The number of fused-ring (bicyclic) bond motifs is 2. The fraction of sp³-hybridized carbons (Fsp3) is 0.481. The number of imide groups is 1. The van der Waals surface area contributed by atoms with Gasteiger partial charge in [-0.2, -0.15) is 0 Å². The van der Waals surface area contributed by atoms with Gasteiger partial charge in [0.05, 0.1) is 12.0 Å². The average Bonchev–Trinajstić information content (AvgIpc) is 3.31. The number of carbonyl (C=O) groups excluding carboxylic acids is 4. The Balaban J connectivity index is 1.43. The molecule has 1 N–H and O–H groups in total. The van der Waals surface area contributed by atoms with E-state index >= 15 is 0 Å². The molecule has 2 bridgehead atoms. The highest BCUT2D eigenvalue weighted by atomic mass is 79.9. The minimum Gasteiger partial charge on any atom is -0.462 e. The van der Waals surface area contributed by atoms with Crippen LogP contribution in [-0.2, 0) is 19.1 Å². The van der Waals surface area contributed by atoms with E-state index in [0.717, 1.165) is 16.5 Å². The summed E-state index contributed by atoms with van der Waals surface area (Å²) in [7, 11) is 0. The molecule has 1 saturated heterocycles. The highest BCUT2D eigenvalue weighted by Crippen LogP contribution is 2.60. The fourth-order valence-corrected chi connectivity index (χ4v) is 6.64. The highest BCUT2D eigenvalue weighted by Gasteiger charge is 2.64. The minimum atomic E-state index is -0.553. The van der Waals surface area contributed by atoms with E-state index < -0.39 is 11.4 Å². The lowest BCUT2D eigenvalue weighted by Crippen LogP contribution is -2.59. The van der Waals surface area contributed by atoms with Gasteiger partial charge < -0.3 is 10.1 Å². The fourth-order valence-electron chi connectivity index (χ4n) is 5.40. The van der Waals surface area contributed by atoms with Crippen molar-refractivity contribution in [2.45, 2.75) is 53.4 Å². The number of carbonyl (C=O) groups is 4. The lowest BCUT2D eigenvalue weighted by molar-refractivity contribution is -0.168. The summed E-state index contributed by atoms with van der Waals surface area (Å²) in [6, 6.07) is 7.55. The number of hydrogen-bond donors (Lipinski definition) is 1. The quantitative estimate of drug-likeness (QED) is 0.313. The average molecular weight is 576 g/mol. The van der Waals surface area contributed by atoms with E-state index in [1.807, 2.05) is 50.4 Å². The van der Waals surface area contributed by atoms with Crippen molar-refractivity contribution in [3.05, 3.63) is 39.7 Å². The second kappa shape index (κ2) is 10.1. The van der Waals surface area contributed by atoms with Gasteiger partial charge >= 0.3 is 5.97 Å². The number of esters is 1. The van der Waals surface area contributed by atoms with Crippen LogP contribution in [0.1, 0.15) is 63.7 Å². The molecule has 1 saturated carbocycles. The number of nitrogens with one attached hydrogen (secondary N) is 1. The second-order valence-electron chi connectivity index (χ2n) is 10.2. The second-order valence-corrected chi connectivity index (χ2v) is 12.0. The van der Waals surface area contributed by atoms with E-state index in [1.165, 1.54) is 16.2 Å². The van der Waals surface area contributed by atoms with Gasteiger partial charge in [0, 0.05) is 34.3 Å². The summed E-state index contributed by atoms with van der Waals surface area (Å²) in [5.74, 6) is -1.20. The van der Waals surface area contributed by atoms with Crippen LogP contribution < -0.4 is 5.32 Å². The number of nitrogens with zero attached hydrogens (tertiary/aromatic N) is 1. The molecule has 9 heteroatoms. The number of likely N-dealkylation sites (tertiary alicyclic amines) is 1. The molecule has 1 aromatic carbocycles. The molecule has 7 nitrogen and oxygen atoms in total. The summed E-state index contributed by atoms with van der Waals surface area (Å²) in [5, 5.41) is 5.10. The number of halogens is 1. The molecule has 1 aromatic heterocycles. The highest BCUT2D eigenvalue weighted by molar-refractivity contribution is 9.10. The lowest BCUT2D eigenvalue weighted by atomic mass is 9.62. The topological polar surface area (TPSA) is 92.8 Å². The standard InChI is InChI=1S/C27H31BrN2O5S/c1-5-35-24(33)21-18(16-8-10-17(28)11-9-16)15-36-22(21)29-20(31)7-6-14-30-23(32)19-12-13-27(4,25(30)34)26(19,2)3/h8-11,15,19H,5-7,12-14H2,1-4H3,(H,29,31). The van der Waals surface area contributed by atoms with Crippen LogP contribution in [0.3, 0.4) is 0 Å². The first kappa shape index (κ1) is 26.5. The van der Waals surface area contributed by atoms with Gasteiger partial charge in [0.1, 0.15) is 10.6 Å². The Morgan fingerprint density at radius 1 is 1.19 bits per heavy atom. The van der Waals surface area contributed by atoms with Crippen LogP contribution in [0.4, 0.5) is 5.00 Å². The molecule has 2 fully saturated rings. The number of hydrogen-bond acceptors (Lipinski definition) is 6. The van der Waals surface area contributed by atoms with E-state index in [1.54, 1.807) is 6.92 Å². The smallest absolute Gasteiger partial charge is 0.341 e. The molecular formula is C27H31BrN2O5S. The van der Waals surface area contributed by atoms with Gasteiger partial charge in [0.25, 0.3) is 0 Å². The Labute approximate surface area is 223 Å². The maximum Gasteiger partial charge on any atom is 0.341 e. The Hall–Kier alpha value is -2.52. The van der Waals surface area contributed by atoms with Gasteiger partial charge in [-0.05, 0) is 49.3 Å². The minimum absolute atomic E-state index is 0.121. The van der Waals surface area contributed by atoms with Gasteiger partial charge in [-0.15, -0.1) is 11.3 Å². The van der Waals surface area contributed by atoms with Crippen molar-refractivity contribution in [1.82, 2.24) is 4.90 Å². The molecule has 1 aliphatic carbocycles. The zero-order valence-electron chi connectivity index (χ0n) is 21.0. The summed E-state index contributed by atoms with van der Waals surface area (Å²) in [5.41, 5.74) is 0.946. The van der Waals surface area contributed by atoms with Gasteiger partial charge in [-0.25, -0.2) is 4.79 Å². The van der Waals surface area contributed by atoms with E-state index in [4.69, 9.17) is 4.74 Å². The Morgan fingerprint density at radius 2 is 1.89 bits per heavy atom. The molecule has 2 heterocycles. The van der Waals surface area contributed by atoms with Crippen LogP contribution in [0, 0.1) is 16.7 Å². The van der Waals surface area contributed by atoms with E-state index in [9.17, 15) is 19.2 Å². The van der Waals surface area contributed by atoms with Crippen LogP contribution in [-0.4, -0.2) is 41.7 Å². The lowest BCUT2D eigenvalue weighted by Gasteiger charge is -2.47. The Kier molecular flexibility index (Phi) is 7.44. The summed E-state index contributed by atoms with van der Waals surface area (Å²) in [4.78, 5) is 53.1. The third-order valence-corrected chi connectivity index (χ3v) is 9.40. The van der Waals surface area contributed by atoms with Gasteiger partial charge in [-0.1, -0.05) is 48.8 Å². The van der Waals surface area contributed by atoms with Crippen molar-refractivity contribution >= 4 is 56.0 Å². The first-order valence-electron chi connectivity index (χ1n) is 12.2. The summed E-state index contributed by atoms with van der Waals surface area (Å²) < 4.78 is 6.18. The maximum atomic E-state index is 13.2. The third-order valence-electron chi connectivity index (χ3n) is 7.97. The third kappa shape index (κ3) is 4.52. The van der Waals surface area contributed by atoms with Crippen LogP contribution in [0.25, 0.3) is 11.1 Å². The number of piperidine rings is 1. The van der Waals surface area contributed by atoms with Crippen molar-refractivity contribution in [1.29, 1.82) is 0 Å². The predicted molar refractivity (Wildman–Crippen MR) is 143 cm³/mol. The Morgan fingerprint density at radius 3 is 2.56 bits per heavy atom. The molecule has 3 amide bonds. The van der Waals surface area contributed by atoms with Crippen LogP contribution in [0.2, 0.25) is 0 Å². The molecule has 1 aliphatic heterocycles. The number of benzene rings is 1. The molecular weight excluding hydrogens is 544 g/mol. The summed E-state index contributed by atoms with van der Waals surface area (Å²) in [6.07, 6.45) is 1.91. The first-order chi connectivity index (χ1) is 17.0. The van der Waals surface area contributed by atoms with Gasteiger partial charge in [-0.3, -0.25) is 19.3 Å². The number of amides is 3. The van der Waals surface area contributed by atoms with E-state index in [0.29, 0.717) is 29.0 Å². The number of anilines is 1. The molecule has 192 valence electrons. The number of thiophene rings is 1. The molecule has 2 aromatic rings. The van der Waals surface area contributed by atoms with Crippen LogP contribution in [0.15, 0.2) is 34.1 Å². The SMILES string of the molecule is CCOC(=O)c1c(-c2ccc(Br)cc2)csc1NC(=O)CCCN1C(=O)C2CCC(C)(C1=O)C2(C)C. The van der Waals surface area contributed by atoms with Crippen molar-refractivity contribution in [3.8, 4) is 11.1 Å². The van der Waals surface area contributed by atoms with Gasteiger partial charge in [0.15, 0.2) is 0 Å². The zero-order chi connectivity index (χ0) is 26.3. The molecule has 4 rings (SSSR count). The van der Waals surface area contributed by atoms with Crippen molar-refractivity contribution in [2.24, 2.45) is 16.7 Å². The molecule has 2 atom stereocenters. The molecule has 2 aliphatic rings. The van der Waals surface area contributed by atoms with Crippen molar-refractivity contribution in [2.75, 3.05) is 18.5 Å². The monoisotopic (exact) mass is 574 g/mol. The number of rotatable bonds is 8. The normalized spacial score (nSPS) is 22.6.